The van der Waals surface area contributed by atoms with Gasteiger partial charge in [0.15, 0.2) is 11.0 Å². The zero-order valence-corrected chi connectivity index (χ0v) is 15.7. The van der Waals surface area contributed by atoms with Gasteiger partial charge in [-0.15, -0.1) is 10.2 Å². The lowest BCUT2D eigenvalue weighted by Gasteiger charge is -2.12. The first-order chi connectivity index (χ1) is 12.9. The Morgan fingerprint density at radius 1 is 1.30 bits per heavy atom. The summed E-state index contributed by atoms with van der Waals surface area (Å²) in [4.78, 5) is 22.9. The molecule has 3 rings (SSSR count). The molecule has 2 heterocycles. The van der Waals surface area contributed by atoms with Crippen molar-refractivity contribution in [1.82, 2.24) is 20.1 Å². The number of primary amides is 1. The molecule has 0 saturated carbocycles. The Morgan fingerprint density at radius 3 is 2.78 bits per heavy atom. The predicted octanol–water partition coefficient (Wildman–Crippen LogP) is 2.57. The number of furan rings is 1. The summed E-state index contributed by atoms with van der Waals surface area (Å²) < 4.78 is 7.34. The van der Waals surface area contributed by atoms with E-state index >= 15 is 0 Å². The van der Waals surface area contributed by atoms with Crippen LogP contribution in [-0.2, 0) is 11.3 Å². The van der Waals surface area contributed by atoms with E-state index in [0.29, 0.717) is 17.5 Å². The molecule has 9 heteroatoms. The highest BCUT2D eigenvalue weighted by Gasteiger charge is 2.22. The van der Waals surface area contributed by atoms with Crippen LogP contribution in [0, 0.1) is 6.92 Å². The highest BCUT2D eigenvalue weighted by atomic mass is 32.2. The summed E-state index contributed by atoms with van der Waals surface area (Å²) in [7, 11) is 0. The van der Waals surface area contributed by atoms with Crippen LogP contribution in [0.25, 0.3) is 11.4 Å². The fourth-order valence-electron chi connectivity index (χ4n) is 2.51. The van der Waals surface area contributed by atoms with E-state index in [0.717, 1.165) is 16.9 Å². The first-order valence-corrected chi connectivity index (χ1v) is 9.11. The summed E-state index contributed by atoms with van der Waals surface area (Å²) in [5.74, 6) is 0.914. The lowest BCUT2D eigenvalue weighted by molar-refractivity contribution is -0.119. The van der Waals surface area contributed by atoms with Crippen molar-refractivity contribution in [1.29, 1.82) is 0 Å². The summed E-state index contributed by atoms with van der Waals surface area (Å²) >= 11 is 1.19. The topological polar surface area (TPSA) is 116 Å². The summed E-state index contributed by atoms with van der Waals surface area (Å²) in [6.07, 6.45) is 1.60. The average Bonchev–Trinajstić information content (AvgIpc) is 3.25. The average molecular weight is 385 g/mol. The second kappa shape index (κ2) is 8.09. The third kappa shape index (κ3) is 4.56. The molecule has 0 spiro atoms. The number of nitrogens with zero attached hydrogens (tertiary/aromatic N) is 3. The van der Waals surface area contributed by atoms with Gasteiger partial charge in [0.25, 0.3) is 0 Å². The van der Waals surface area contributed by atoms with Crippen LogP contribution in [0.3, 0.4) is 0 Å². The van der Waals surface area contributed by atoms with Gasteiger partial charge in [0.1, 0.15) is 5.76 Å². The number of nitrogens with one attached hydrogen (secondary N) is 1. The molecule has 3 N–H and O–H groups in total. The highest BCUT2D eigenvalue weighted by molar-refractivity contribution is 8.00. The number of benzene rings is 1. The molecule has 0 fully saturated rings. The lowest BCUT2D eigenvalue weighted by atomic mass is 10.1. The van der Waals surface area contributed by atoms with Crippen molar-refractivity contribution >= 4 is 23.7 Å². The van der Waals surface area contributed by atoms with Gasteiger partial charge in [0, 0.05) is 5.56 Å². The van der Waals surface area contributed by atoms with Crippen molar-refractivity contribution in [2.75, 3.05) is 0 Å². The number of aromatic nitrogens is 3. The molecule has 0 aliphatic heterocycles. The fourth-order valence-corrected chi connectivity index (χ4v) is 3.36. The summed E-state index contributed by atoms with van der Waals surface area (Å²) in [5.41, 5.74) is 7.03. The molecule has 0 bridgehead atoms. The molecule has 3 amide bonds. The van der Waals surface area contributed by atoms with Gasteiger partial charge >= 0.3 is 6.03 Å². The van der Waals surface area contributed by atoms with Crippen molar-refractivity contribution in [2.45, 2.75) is 30.8 Å². The second-order valence-corrected chi connectivity index (χ2v) is 7.26. The summed E-state index contributed by atoms with van der Waals surface area (Å²) in [6, 6.07) is 10.7. The molecule has 3 aromatic rings. The smallest absolute Gasteiger partial charge is 0.318 e. The van der Waals surface area contributed by atoms with Crippen molar-refractivity contribution in [3.8, 4) is 11.4 Å². The van der Waals surface area contributed by atoms with Crippen LogP contribution in [0.1, 0.15) is 18.2 Å². The molecule has 1 atom stereocenters. The molecule has 0 unspecified atom stereocenters. The molecule has 1 aromatic carbocycles. The van der Waals surface area contributed by atoms with E-state index in [4.69, 9.17) is 10.2 Å². The Kier molecular flexibility index (Phi) is 5.60. The van der Waals surface area contributed by atoms with Crippen molar-refractivity contribution < 1.29 is 14.0 Å². The maximum atomic E-state index is 12.0. The lowest BCUT2D eigenvalue weighted by Crippen LogP contribution is -2.39. The third-order valence-corrected chi connectivity index (χ3v) is 4.87. The number of carbonyl (C=O) groups excluding carboxylic acids is 2. The van der Waals surface area contributed by atoms with E-state index in [1.54, 1.807) is 13.2 Å². The number of nitrogens with two attached hydrogens (primary N) is 1. The minimum atomic E-state index is -0.884. The molecule has 27 heavy (non-hydrogen) atoms. The maximum Gasteiger partial charge on any atom is 0.318 e. The Bertz CT molecular complexity index is 952. The monoisotopic (exact) mass is 385 g/mol. The van der Waals surface area contributed by atoms with Gasteiger partial charge < -0.3 is 10.2 Å². The van der Waals surface area contributed by atoms with E-state index in [1.807, 2.05) is 47.9 Å². The number of carbonyl (C=O) groups is 2. The maximum absolute atomic E-state index is 12.0. The Labute approximate surface area is 160 Å². The number of hydrogen-bond acceptors (Lipinski definition) is 6. The Morgan fingerprint density at radius 2 is 2.11 bits per heavy atom. The van der Waals surface area contributed by atoms with Gasteiger partial charge in [-0.05, 0) is 32.0 Å². The molecular weight excluding hydrogens is 366 g/mol. The summed E-state index contributed by atoms with van der Waals surface area (Å²) in [5, 5.41) is 10.6. The quantitative estimate of drug-likeness (QED) is 0.630. The number of rotatable bonds is 6. The van der Waals surface area contributed by atoms with E-state index in [9.17, 15) is 9.59 Å². The van der Waals surface area contributed by atoms with E-state index < -0.39 is 17.2 Å². The molecule has 0 radical (unpaired) electrons. The van der Waals surface area contributed by atoms with Crippen LogP contribution < -0.4 is 11.1 Å². The number of aryl methyl sites for hydroxylation is 1. The Balaban J connectivity index is 1.93. The van der Waals surface area contributed by atoms with Gasteiger partial charge in [0.2, 0.25) is 5.91 Å². The Hall–Kier alpha value is -3.07. The largest absolute Gasteiger partial charge is 0.467 e. The number of hydrogen-bond donors (Lipinski definition) is 2. The highest BCUT2D eigenvalue weighted by Crippen LogP contribution is 2.28. The number of amides is 3. The second-order valence-electron chi connectivity index (χ2n) is 5.95. The third-order valence-electron chi connectivity index (χ3n) is 3.78. The van der Waals surface area contributed by atoms with E-state index in [-0.39, 0.29) is 0 Å². The van der Waals surface area contributed by atoms with Crippen molar-refractivity contribution in [3.63, 3.8) is 0 Å². The normalized spacial score (nSPS) is 11.9. The van der Waals surface area contributed by atoms with Crippen molar-refractivity contribution in [3.05, 3.63) is 54.0 Å². The van der Waals surface area contributed by atoms with E-state index in [2.05, 4.69) is 15.5 Å². The van der Waals surface area contributed by atoms with Crippen LogP contribution in [0.5, 0.6) is 0 Å². The minimum Gasteiger partial charge on any atom is -0.467 e. The van der Waals surface area contributed by atoms with Gasteiger partial charge in [0.05, 0.1) is 18.1 Å². The summed E-state index contributed by atoms with van der Waals surface area (Å²) in [6.45, 7) is 4.08. The predicted molar refractivity (Wildman–Crippen MR) is 101 cm³/mol. The van der Waals surface area contributed by atoms with Gasteiger partial charge in [-0.3, -0.25) is 14.7 Å². The molecule has 8 nitrogen and oxygen atoms in total. The molecule has 2 aromatic heterocycles. The SMILES string of the molecule is Cc1cccc(-c2nnc(S[C@@H](C)C(=O)NC(N)=O)n2Cc2ccco2)c1. The first-order valence-electron chi connectivity index (χ1n) is 8.23. The van der Waals surface area contributed by atoms with Crippen LogP contribution in [-0.4, -0.2) is 32.0 Å². The van der Waals surface area contributed by atoms with Crippen LogP contribution in [0.15, 0.2) is 52.2 Å². The van der Waals surface area contributed by atoms with Crippen molar-refractivity contribution in [2.24, 2.45) is 5.73 Å². The number of urea groups is 1. The van der Waals surface area contributed by atoms with Crippen LogP contribution in [0.2, 0.25) is 0 Å². The fraction of sp³-hybridized carbons (Fsp3) is 0.222. The van der Waals surface area contributed by atoms with E-state index in [1.165, 1.54) is 11.8 Å². The molecule has 0 aliphatic rings. The first kappa shape index (κ1) is 18.7. The number of thioether (sulfide) groups is 1. The molecular formula is C18H19N5O3S. The molecule has 0 aliphatic carbocycles. The zero-order chi connectivity index (χ0) is 19.4. The van der Waals surface area contributed by atoms with Crippen LogP contribution in [0.4, 0.5) is 4.79 Å². The van der Waals surface area contributed by atoms with Gasteiger partial charge in [-0.2, -0.15) is 0 Å². The van der Waals surface area contributed by atoms with Gasteiger partial charge in [-0.1, -0.05) is 35.5 Å². The van der Waals surface area contributed by atoms with Crippen LogP contribution >= 0.6 is 11.8 Å². The molecule has 0 saturated heterocycles. The number of imide groups is 1. The standard InChI is InChI=1S/C18H19N5O3S/c1-11-5-3-6-13(9-11)15-21-22-18(23(15)10-14-7-4-8-26-14)27-12(2)16(24)20-17(19)25/h3-9,12H,10H2,1-2H3,(H3,19,20,24,25)/t12-/m0/s1. The molecule has 140 valence electrons. The van der Waals surface area contributed by atoms with Gasteiger partial charge in [-0.25, -0.2) is 4.79 Å². The minimum absolute atomic E-state index is 0.412. The zero-order valence-electron chi connectivity index (χ0n) is 14.9.